The van der Waals surface area contributed by atoms with Crippen LogP contribution in [0.25, 0.3) is 16.7 Å². The fraction of sp³-hybridized carbons (Fsp3) is 0.292. The maximum atomic E-state index is 12.9. The van der Waals surface area contributed by atoms with Crippen LogP contribution in [0, 0.1) is 0 Å². The summed E-state index contributed by atoms with van der Waals surface area (Å²) in [6.07, 6.45) is 4.36. The Balaban J connectivity index is 1.39. The summed E-state index contributed by atoms with van der Waals surface area (Å²) in [6.45, 7) is 3.27. The number of nitrogens with one attached hydrogen (secondary N) is 1. The fourth-order valence-corrected chi connectivity index (χ4v) is 3.78. The van der Waals surface area contributed by atoms with Crippen molar-refractivity contribution in [1.29, 1.82) is 0 Å². The van der Waals surface area contributed by atoms with E-state index < -0.39 is 0 Å². The number of hydrogen-bond acceptors (Lipinski definition) is 5. The molecule has 1 N–H and O–H groups in total. The molecule has 32 heavy (non-hydrogen) atoms. The van der Waals surface area contributed by atoms with Crippen LogP contribution in [0.1, 0.15) is 25.3 Å². The molecule has 0 unspecified atom stereocenters. The summed E-state index contributed by atoms with van der Waals surface area (Å²) in [4.78, 5) is 29.7. The van der Waals surface area contributed by atoms with Gasteiger partial charge >= 0.3 is 0 Å². The Bertz CT molecular complexity index is 1310. The molecular weight excluding hydrogens is 408 g/mol. The minimum Gasteiger partial charge on any atom is -0.493 e. The van der Waals surface area contributed by atoms with Crippen molar-refractivity contribution in [2.24, 2.45) is 0 Å². The Morgan fingerprint density at radius 1 is 1.12 bits per heavy atom. The van der Waals surface area contributed by atoms with Crippen molar-refractivity contribution >= 4 is 22.6 Å². The van der Waals surface area contributed by atoms with Gasteiger partial charge in [0, 0.05) is 31.9 Å². The van der Waals surface area contributed by atoms with Crippen LogP contribution >= 0.6 is 0 Å². The molecule has 0 aliphatic carbocycles. The molecule has 0 radical (unpaired) electrons. The first kappa shape index (κ1) is 21.4. The average molecular weight is 434 g/mol. The van der Waals surface area contributed by atoms with Gasteiger partial charge in [-0.3, -0.25) is 14.2 Å². The van der Waals surface area contributed by atoms with Crippen LogP contribution in [0.5, 0.6) is 11.5 Å². The summed E-state index contributed by atoms with van der Waals surface area (Å²) in [7, 11) is 1.59. The summed E-state index contributed by atoms with van der Waals surface area (Å²) in [5.74, 6) is 1.24. The van der Waals surface area contributed by atoms with Gasteiger partial charge in [0.25, 0.3) is 5.56 Å². The van der Waals surface area contributed by atoms with Gasteiger partial charge in [0.15, 0.2) is 17.1 Å². The van der Waals surface area contributed by atoms with Gasteiger partial charge in [-0.25, -0.2) is 4.98 Å². The molecule has 3 heterocycles. The molecule has 1 aromatic carbocycles. The van der Waals surface area contributed by atoms with Crippen LogP contribution in [0.4, 0.5) is 0 Å². The molecule has 8 nitrogen and oxygen atoms in total. The van der Waals surface area contributed by atoms with Gasteiger partial charge in [-0.05, 0) is 55.3 Å². The van der Waals surface area contributed by atoms with Crippen LogP contribution in [0.15, 0.2) is 59.7 Å². The lowest BCUT2D eigenvalue weighted by Crippen LogP contribution is -2.26. The standard InChI is InChI=1S/C24H26N4O4/c1-3-32-20-11-10-17(15-21(20)31-2)16-26-22(29)9-6-14-28-23-18(7-4-12-25-23)27-13-5-8-19(27)24(28)30/h4-5,7-8,10-13,15H,3,6,9,14,16H2,1-2H3,(H,26,29). The van der Waals surface area contributed by atoms with Crippen molar-refractivity contribution in [1.82, 2.24) is 19.3 Å². The lowest BCUT2D eigenvalue weighted by atomic mass is 10.2. The smallest absolute Gasteiger partial charge is 0.276 e. The zero-order valence-electron chi connectivity index (χ0n) is 18.2. The topological polar surface area (TPSA) is 86.9 Å². The Labute approximate surface area is 185 Å². The van der Waals surface area contributed by atoms with Gasteiger partial charge in [0.05, 0.1) is 19.2 Å². The van der Waals surface area contributed by atoms with Crippen LogP contribution in [0.3, 0.4) is 0 Å². The number of ether oxygens (including phenoxy) is 2. The molecule has 0 saturated carbocycles. The number of methoxy groups -OCH3 is 1. The third-order valence-electron chi connectivity index (χ3n) is 5.30. The van der Waals surface area contributed by atoms with E-state index >= 15 is 0 Å². The van der Waals surface area contributed by atoms with Gasteiger partial charge < -0.3 is 19.2 Å². The van der Waals surface area contributed by atoms with Crippen molar-refractivity contribution in [3.05, 3.63) is 70.8 Å². The minimum atomic E-state index is -0.108. The maximum Gasteiger partial charge on any atom is 0.276 e. The summed E-state index contributed by atoms with van der Waals surface area (Å²) in [5.41, 5.74) is 2.88. The zero-order chi connectivity index (χ0) is 22.5. The van der Waals surface area contributed by atoms with Crippen LogP contribution in [-0.2, 0) is 17.9 Å². The first-order valence-electron chi connectivity index (χ1n) is 10.6. The second kappa shape index (κ2) is 9.55. The highest BCUT2D eigenvalue weighted by atomic mass is 16.5. The molecule has 3 aromatic heterocycles. The Kier molecular flexibility index (Phi) is 6.39. The van der Waals surface area contributed by atoms with E-state index in [4.69, 9.17) is 9.47 Å². The highest BCUT2D eigenvalue weighted by Crippen LogP contribution is 2.28. The number of hydrogen-bond donors (Lipinski definition) is 1. The first-order chi connectivity index (χ1) is 15.6. The minimum absolute atomic E-state index is 0.0769. The lowest BCUT2D eigenvalue weighted by Gasteiger charge is -2.12. The number of nitrogens with zero attached hydrogens (tertiary/aromatic N) is 3. The van der Waals surface area contributed by atoms with Crippen molar-refractivity contribution in [3.63, 3.8) is 0 Å². The third kappa shape index (κ3) is 4.30. The van der Waals surface area contributed by atoms with Gasteiger partial charge in [0.2, 0.25) is 5.91 Å². The van der Waals surface area contributed by atoms with Crippen LogP contribution in [0.2, 0.25) is 0 Å². The van der Waals surface area contributed by atoms with Crippen LogP contribution in [-0.4, -0.2) is 33.6 Å². The highest BCUT2D eigenvalue weighted by Gasteiger charge is 2.12. The predicted octanol–water partition coefficient (Wildman–Crippen LogP) is 3.15. The van der Waals surface area contributed by atoms with E-state index in [0.717, 1.165) is 11.1 Å². The monoisotopic (exact) mass is 434 g/mol. The van der Waals surface area contributed by atoms with E-state index in [1.165, 1.54) is 0 Å². The predicted molar refractivity (Wildman–Crippen MR) is 122 cm³/mol. The largest absolute Gasteiger partial charge is 0.493 e. The normalized spacial score (nSPS) is 11.1. The van der Waals surface area contributed by atoms with Gasteiger partial charge in [-0.1, -0.05) is 6.07 Å². The second-order valence-corrected chi connectivity index (χ2v) is 7.36. The Morgan fingerprint density at radius 2 is 1.97 bits per heavy atom. The summed E-state index contributed by atoms with van der Waals surface area (Å²) < 4.78 is 14.4. The van der Waals surface area contributed by atoms with Crippen molar-refractivity contribution in [2.45, 2.75) is 32.9 Å². The Morgan fingerprint density at radius 3 is 2.78 bits per heavy atom. The molecule has 0 bridgehead atoms. The molecule has 0 spiro atoms. The molecule has 166 valence electrons. The first-order valence-corrected chi connectivity index (χ1v) is 10.6. The van der Waals surface area contributed by atoms with E-state index in [2.05, 4.69) is 10.3 Å². The quantitative estimate of drug-likeness (QED) is 0.437. The molecule has 4 rings (SSSR count). The highest BCUT2D eigenvalue weighted by molar-refractivity contribution is 5.76. The molecule has 1 amide bonds. The summed E-state index contributed by atoms with van der Waals surface area (Å²) >= 11 is 0. The number of carbonyl (C=O) groups excluding carboxylic acids is 1. The number of carbonyl (C=O) groups is 1. The average Bonchev–Trinajstić information content (AvgIpc) is 3.31. The third-order valence-corrected chi connectivity index (χ3v) is 5.30. The van der Waals surface area contributed by atoms with E-state index in [0.29, 0.717) is 55.2 Å². The second-order valence-electron chi connectivity index (χ2n) is 7.36. The fourth-order valence-electron chi connectivity index (χ4n) is 3.78. The van der Waals surface area contributed by atoms with Crippen molar-refractivity contribution < 1.29 is 14.3 Å². The number of aryl methyl sites for hydroxylation is 1. The molecule has 4 aromatic rings. The summed E-state index contributed by atoms with van der Waals surface area (Å²) in [6, 6.07) is 13.0. The Hall–Kier alpha value is -3.81. The molecule has 0 aliphatic heterocycles. The van der Waals surface area contributed by atoms with Crippen molar-refractivity contribution in [2.75, 3.05) is 13.7 Å². The molecule has 0 fully saturated rings. The van der Waals surface area contributed by atoms with Gasteiger partial charge in [0.1, 0.15) is 5.52 Å². The lowest BCUT2D eigenvalue weighted by molar-refractivity contribution is -0.121. The SMILES string of the molecule is CCOc1ccc(CNC(=O)CCCn2c(=O)c3cccn3c3cccnc32)cc1OC. The van der Waals surface area contributed by atoms with E-state index in [-0.39, 0.29) is 11.5 Å². The molecule has 0 saturated heterocycles. The van der Waals surface area contributed by atoms with Gasteiger partial charge in [-0.15, -0.1) is 0 Å². The summed E-state index contributed by atoms with van der Waals surface area (Å²) in [5, 5.41) is 2.92. The number of pyridine rings is 1. The van der Waals surface area contributed by atoms with Gasteiger partial charge in [-0.2, -0.15) is 0 Å². The number of benzene rings is 1. The molecular formula is C24H26N4O4. The number of aromatic nitrogens is 3. The number of rotatable bonds is 9. The number of fused-ring (bicyclic) bond motifs is 3. The molecule has 0 atom stereocenters. The van der Waals surface area contributed by atoms with E-state index in [1.54, 1.807) is 23.9 Å². The van der Waals surface area contributed by atoms with E-state index in [9.17, 15) is 9.59 Å². The van der Waals surface area contributed by atoms with Crippen molar-refractivity contribution in [3.8, 4) is 11.5 Å². The molecule has 0 aliphatic rings. The number of amides is 1. The van der Waals surface area contributed by atoms with Crippen LogP contribution < -0.4 is 20.3 Å². The zero-order valence-corrected chi connectivity index (χ0v) is 18.2. The maximum absolute atomic E-state index is 12.9. The van der Waals surface area contributed by atoms with E-state index in [1.807, 2.05) is 53.9 Å². The molecule has 8 heteroatoms.